The van der Waals surface area contributed by atoms with Crippen LogP contribution in [0.4, 0.5) is 0 Å². The highest BCUT2D eigenvalue weighted by Crippen LogP contribution is 2.22. The van der Waals surface area contributed by atoms with Crippen LogP contribution in [0.25, 0.3) is 0 Å². The highest BCUT2D eigenvalue weighted by Gasteiger charge is 2.41. The van der Waals surface area contributed by atoms with Gasteiger partial charge in [-0.05, 0) is 26.2 Å². The Morgan fingerprint density at radius 3 is 2.85 bits per heavy atom. The van der Waals surface area contributed by atoms with Crippen LogP contribution in [0.3, 0.4) is 0 Å². The number of amidine groups is 1. The molecule has 0 radical (unpaired) electrons. The molecule has 2 atom stereocenters. The van der Waals surface area contributed by atoms with Crippen LogP contribution in [0.2, 0.25) is 0 Å². The Morgan fingerprint density at radius 2 is 2.25 bits per heavy atom. The number of hydrogen-bond donors (Lipinski definition) is 1. The SMILES string of the molecule is C=CCCCCCC1=NCC[N+]1(CC)C(C)NC(C)=O. The molecule has 0 spiro atoms. The van der Waals surface area contributed by atoms with Gasteiger partial charge in [0.05, 0.1) is 13.1 Å². The molecule has 1 amide bonds. The molecular formula is C16H30N3O+. The molecule has 1 rings (SSSR count). The minimum atomic E-state index is 0.0423. The van der Waals surface area contributed by atoms with Crippen LogP contribution in [-0.4, -0.2) is 42.0 Å². The molecule has 20 heavy (non-hydrogen) atoms. The van der Waals surface area contributed by atoms with Crippen molar-refractivity contribution in [3.8, 4) is 0 Å². The number of nitrogens with zero attached hydrogens (tertiary/aromatic N) is 2. The lowest BCUT2D eigenvalue weighted by Crippen LogP contribution is -2.62. The van der Waals surface area contributed by atoms with Crippen LogP contribution in [0.5, 0.6) is 0 Å². The van der Waals surface area contributed by atoms with Gasteiger partial charge in [0.15, 0.2) is 12.0 Å². The maximum absolute atomic E-state index is 11.3. The molecule has 0 saturated carbocycles. The van der Waals surface area contributed by atoms with Gasteiger partial charge in [0.2, 0.25) is 5.91 Å². The normalized spacial score (nSPS) is 23.2. The number of allylic oxidation sites excluding steroid dienone is 1. The van der Waals surface area contributed by atoms with Gasteiger partial charge >= 0.3 is 0 Å². The van der Waals surface area contributed by atoms with E-state index in [0.717, 1.165) is 37.0 Å². The molecule has 4 heteroatoms. The summed E-state index contributed by atoms with van der Waals surface area (Å²) in [6.45, 7) is 12.5. The summed E-state index contributed by atoms with van der Waals surface area (Å²) in [6, 6.07) is 0. The summed E-state index contributed by atoms with van der Waals surface area (Å²) in [5, 5.41) is 3.06. The zero-order chi connectivity index (χ0) is 15.0. The van der Waals surface area contributed by atoms with Crippen LogP contribution < -0.4 is 5.32 Å². The van der Waals surface area contributed by atoms with Crippen molar-refractivity contribution in [3.63, 3.8) is 0 Å². The average Bonchev–Trinajstić information content (AvgIpc) is 2.82. The van der Waals surface area contributed by atoms with E-state index in [4.69, 9.17) is 4.99 Å². The number of aliphatic imine (C=N–C) groups is 1. The fourth-order valence-corrected chi connectivity index (χ4v) is 3.13. The number of unbranched alkanes of at least 4 members (excludes halogenated alkanes) is 3. The third kappa shape index (κ3) is 4.17. The average molecular weight is 280 g/mol. The summed E-state index contributed by atoms with van der Waals surface area (Å²) < 4.78 is 0.834. The first-order valence-electron chi connectivity index (χ1n) is 7.85. The summed E-state index contributed by atoms with van der Waals surface area (Å²) in [6.07, 6.45) is 7.87. The summed E-state index contributed by atoms with van der Waals surface area (Å²) in [7, 11) is 0. The summed E-state index contributed by atoms with van der Waals surface area (Å²) >= 11 is 0. The quantitative estimate of drug-likeness (QED) is 0.394. The Labute approximate surface area is 123 Å². The van der Waals surface area contributed by atoms with Crippen LogP contribution in [0.15, 0.2) is 17.6 Å². The van der Waals surface area contributed by atoms with E-state index in [-0.39, 0.29) is 12.1 Å². The van der Waals surface area contributed by atoms with E-state index in [9.17, 15) is 4.79 Å². The number of carbonyl (C=O) groups excluding carboxylic acids is 1. The Balaban J connectivity index is 2.58. The van der Waals surface area contributed by atoms with E-state index >= 15 is 0 Å². The number of hydrogen-bond acceptors (Lipinski definition) is 2. The highest BCUT2D eigenvalue weighted by molar-refractivity contribution is 5.78. The number of amides is 1. The second kappa shape index (κ2) is 8.20. The number of quaternary nitrogens is 1. The molecule has 2 unspecified atom stereocenters. The summed E-state index contributed by atoms with van der Waals surface area (Å²) in [5.41, 5.74) is 0. The first-order valence-corrected chi connectivity index (χ1v) is 7.85. The third-order valence-electron chi connectivity index (χ3n) is 4.33. The smallest absolute Gasteiger partial charge is 0.221 e. The van der Waals surface area contributed by atoms with E-state index in [1.54, 1.807) is 6.92 Å². The minimum absolute atomic E-state index is 0.0423. The van der Waals surface area contributed by atoms with Crippen molar-refractivity contribution in [2.24, 2.45) is 4.99 Å². The number of likely N-dealkylation sites (N-methyl/N-ethyl adjacent to an activating group) is 1. The molecule has 0 bridgehead atoms. The molecular weight excluding hydrogens is 250 g/mol. The maximum atomic E-state index is 11.3. The molecule has 1 aliphatic heterocycles. The molecule has 0 saturated heterocycles. The Morgan fingerprint density at radius 1 is 1.50 bits per heavy atom. The van der Waals surface area contributed by atoms with Gasteiger partial charge < -0.3 is 5.32 Å². The summed E-state index contributed by atoms with van der Waals surface area (Å²) in [5.74, 6) is 1.31. The summed E-state index contributed by atoms with van der Waals surface area (Å²) in [4.78, 5) is 16.1. The zero-order valence-electron chi connectivity index (χ0n) is 13.3. The van der Waals surface area contributed by atoms with Crippen LogP contribution in [0.1, 0.15) is 52.9 Å². The topological polar surface area (TPSA) is 41.5 Å². The van der Waals surface area contributed by atoms with Gasteiger partial charge in [-0.1, -0.05) is 12.5 Å². The molecule has 0 aromatic carbocycles. The first kappa shape index (κ1) is 16.9. The van der Waals surface area contributed by atoms with Crippen molar-refractivity contribution in [2.75, 3.05) is 19.6 Å². The third-order valence-corrected chi connectivity index (χ3v) is 4.33. The molecule has 114 valence electrons. The van der Waals surface area contributed by atoms with Crippen LogP contribution >= 0.6 is 0 Å². The molecule has 0 aromatic heterocycles. The Bertz CT molecular complexity index is 365. The van der Waals surface area contributed by atoms with Crippen molar-refractivity contribution >= 4 is 11.7 Å². The fraction of sp³-hybridized carbons (Fsp3) is 0.750. The van der Waals surface area contributed by atoms with Gasteiger partial charge in [-0.15, -0.1) is 6.58 Å². The van der Waals surface area contributed by atoms with Crippen molar-refractivity contribution in [1.82, 2.24) is 5.32 Å². The predicted molar refractivity (Wildman–Crippen MR) is 84.5 cm³/mol. The van der Waals surface area contributed by atoms with Gasteiger partial charge in [-0.25, -0.2) is 4.99 Å². The lowest BCUT2D eigenvalue weighted by atomic mass is 10.1. The van der Waals surface area contributed by atoms with E-state index in [1.165, 1.54) is 25.1 Å². The monoisotopic (exact) mass is 280 g/mol. The molecule has 1 aliphatic rings. The largest absolute Gasteiger partial charge is 0.307 e. The molecule has 4 nitrogen and oxygen atoms in total. The highest BCUT2D eigenvalue weighted by atomic mass is 16.1. The van der Waals surface area contributed by atoms with Crippen molar-refractivity contribution in [1.29, 1.82) is 0 Å². The first-order chi connectivity index (χ1) is 9.56. The van der Waals surface area contributed by atoms with Crippen molar-refractivity contribution in [2.45, 2.75) is 59.0 Å². The number of carbonyl (C=O) groups is 1. The van der Waals surface area contributed by atoms with Gasteiger partial charge in [-0.3, -0.25) is 9.28 Å². The fourth-order valence-electron chi connectivity index (χ4n) is 3.13. The lowest BCUT2D eigenvalue weighted by molar-refractivity contribution is -0.861. The van der Waals surface area contributed by atoms with Gasteiger partial charge in [0.25, 0.3) is 0 Å². The molecule has 0 aromatic rings. The predicted octanol–water partition coefficient (Wildman–Crippen LogP) is 2.85. The second-order valence-electron chi connectivity index (χ2n) is 5.64. The van der Waals surface area contributed by atoms with E-state index < -0.39 is 0 Å². The van der Waals surface area contributed by atoms with Gasteiger partial charge in [0, 0.05) is 20.3 Å². The number of nitrogens with one attached hydrogen (secondary N) is 1. The van der Waals surface area contributed by atoms with Gasteiger partial charge in [-0.2, -0.15) is 0 Å². The Hall–Kier alpha value is -1.16. The standard InChI is InChI=1S/C16H29N3O/c1-5-7-8-9-10-11-16-17-12-13-19(16,6-2)14(3)18-15(4)20/h5,14H,1,6-13H2,2-4H3/p+1. The number of rotatable bonds is 9. The molecule has 1 N–H and O–H groups in total. The molecule has 0 fully saturated rings. The van der Waals surface area contributed by atoms with Crippen molar-refractivity contribution < 1.29 is 9.28 Å². The zero-order valence-corrected chi connectivity index (χ0v) is 13.3. The lowest BCUT2D eigenvalue weighted by Gasteiger charge is -2.39. The van der Waals surface area contributed by atoms with E-state index in [2.05, 4.69) is 25.7 Å². The molecule has 1 heterocycles. The van der Waals surface area contributed by atoms with Gasteiger partial charge in [0.1, 0.15) is 6.54 Å². The second-order valence-corrected chi connectivity index (χ2v) is 5.64. The van der Waals surface area contributed by atoms with Crippen LogP contribution in [-0.2, 0) is 4.79 Å². The minimum Gasteiger partial charge on any atom is -0.307 e. The van der Waals surface area contributed by atoms with Crippen LogP contribution in [0, 0.1) is 0 Å². The maximum Gasteiger partial charge on any atom is 0.221 e. The molecule has 0 aliphatic carbocycles. The Kier molecular flexibility index (Phi) is 6.93. The van der Waals surface area contributed by atoms with E-state index in [0.29, 0.717) is 0 Å². The van der Waals surface area contributed by atoms with E-state index in [1.807, 2.05) is 6.08 Å². The van der Waals surface area contributed by atoms with Crippen molar-refractivity contribution in [3.05, 3.63) is 12.7 Å².